The van der Waals surface area contributed by atoms with Crippen LogP contribution >= 0.6 is 11.6 Å². The average molecular weight is 410 g/mol. The van der Waals surface area contributed by atoms with Crippen LogP contribution in [0.5, 0.6) is 5.75 Å². The Morgan fingerprint density at radius 1 is 1.07 bits per heavy atom. The average Bonchev–Trinajstić information content (AvgIpc) is 3.15. The Labute approximate surface area is 175 Å². The van der Waals surface area contributed by atoms with Crippen molar-refractivity contribution in [2.24, 2.45) is 17.3 Å². The number of halogens is 2. The van der Waals surface area contributed by atoms with E-state index in [2.05, 4.69) is 25.7 Å². The Hall–Kier alpha value is -0.960. The summed E-state index contributed by atoms with van der Waals surface area (Å²) in [7, 11) is 1.98. The maximum absolute atomic E-state index is 14.9. The van der Waals surface area contributed by atoms with Crippen LogP contribution in [0.2, 0.25) is 5.02 Å². The zero-order valence-electron chi connectivity index (χ0n) is 18.1. The molecule has 0 aliphatic heterocycles. The number of hydrogen-bond donors (Lipinski definition) is 0. The number of anilines is 1. The predicted molar refractivity (Wildman–Crippen MR) is 117 cm³/mol. The summed E-state index contributed by atoms with van der Waals surface area (Å²) in [6.45, 7) is 7.60. The molecule has 0 radical (unpaired) electrons. The summed E-state index contributed by atoms with van der Waals surface area (Å²) in [5.74, 6) is 1.65. The summed E-state index contributed by atoms with van der Waals surface area (Å²) >= 11 is 6.51. The van der Waals surface area contributed by atoms with Crippen LogP contribution in [0, 0.1) is 23.1 Å². The largest absolute Gasteiger partial charge is 0.491 e. The van der Waals surface area contributed by atoms with Crippen molar-refractivity contribution in [1.29, 1.82) is 0 Å². The number of rotatable bonds is 5. The normalized spacial score (nSPS) is 29.4. The van der Waals surface area contributed by atoms with Gasteiger partial charge in [-0.3, -0.25) is 0 Å². The minimum absolute atomic E-state index is 0.109. The second kappa shape index (κ2) is 9.24. The maximum atomic E-state index is 14.9. The highest BCUT2D eigenvalue weighted by Crippen LogP contribution is 2.41. The van der Waals surface area contributed by atoms with Crippen molar-refractivity contribution in [3.63, 3.8) is 0 Å². The van der Waals surface area contributed by atoms with Crippen LogP contribution in [-0.4, -0.2) is 19.7 Å². The molecule has 1 aromatic rings. The second-order valence-corrected chi connectivity index (χ2v) is 10.3. The van der Waals surface area contributed by atoms with Crippen LogP contribution in [0.1, 0.15) is 78.6 Å². The molecular weight excluding hydrogens is 373 g/mol. The number of hydrogen-bond acceptors (Lipinski definition) is 2. The molecule has 2 saturated carbocycles. The van der Waals surface area contributed by atoms with Gasteiger partial charge in [0.05, 0.1) is 17.3 Å². The summed E-state index contributed by atoms with van der Waals surface area (Å²) in [4.78, 5) is 2.05. The third kappa shape index (κ3) is 5.34. The van der Waals surface area contributed by atoms with Gasteiger partial charge in [-0.25, -0.2) is 4.39 Å². The molecule has 4 heteroatoms. The van der Waals surface area contributed by atoms with Gasteiger partial charge in [0.1, 0.15) is 11.6 Å². The standard InChI is InChI=1S/C24H37ClFNO/c1-17-8-7-9-18(2)15-24(3,14-17)16-28-23-13-21(26)22(12-20(23)25)27(4)19-10-5-6-11-19/h12-13,17-19H,5-11,14-16H2,1-4H3/t17-,18+,24?. The third-order valence-electron chi connectivity index (χ3n) is 6.91. The first-order valence-corrected chi connectivity index (χ1v) is 11.5. The molecule has 2 fully saturated rings. The molecule has 0 spiro atoms. The van der Waals surface area contributed by atoms with Crippen molar-refractivity contribution < 1.29 is 9.13 Å². The minimum Gasteiger partial charge on any atom is -0.491 e. The zero-order chi connectivity index (χ0) is 20.3. The van der Waals surface area contributed by atoms with Gasteiger partial charge in [0.2, 0.25) is 0 Å². The number of benzene rings is 1. The number of nitrogens with zero attached hydrogens (tertiary/aromatic N) is 1. The first kappa shape index (κ1) is 21.7. The maximum Gasteiger partial charge on any atom is 0.150 e. The van der Waals surface area contributed by atoms with Crippen molar-refractivity contribution in [2.45, 2.75) is 84.6 Å². The lowest BCUT2D eigenvalue weighted by molar-refractivity contribution is 0.0901. The molecule has 0 amide bonds. The van der Waals surface area contributed by atoms with Gasteiger partial charge in [-0.1, -0.05) is 64.5 Å². The second-order valence-electron chi connectivity index (χ2n) is 9.93. The summed E-state index contributed by atoms with van der Waals surface area (Å²) in [6.07, 6.45) is 10.9. The van der Waals surface area contributed by atoms with Crippen LogP contribution in [0.25, 0.3) is 0 Å². The smallest absolute Gasteiger partial charge is 0.150 e. The fourth-order valence-electron chi connectivity index (χ4n) is 5.54. The van der Waals surface area contributed by atoms with E-state index < -0.39 is 0 Å². The lowest BCUT2D eigenvalue weighted by Crippen LogP contribution is -2.31. The molecule has 158 valence electrons. The van der Waals surface area contributed by atoms with Crippen LogP contribution in [-0.2, 0) is 0 Å². The molecule has 2 nitrogen and oxygen atoms in total. The van der Waals surface area contributed by atoms with Crippen molar-refractivity contribution in [2.75, 3.05) is 18.6 Å². The zero-order valence-corrected chi connectivity index (χ0v) is 18.8. The molecule has 0 saturated heterocycles. The lowest BCUT2D eigenvalue weighted by atomic mass is 9.71. The minimum atomic E-state index is -0.238. The molecule has 3 atom stereocenters. The van der Waals surface area contributed by atoms with Gasteiger partial charge >= 0.3 is 0 Å². The Balaban J connectivity index is 1.70. The van der Waals surface area contributed by atoms with E-state index in [1.165, 1.54) is 38.2 Å². The van der Waals surface area contributed by atoms with E-state index in [1.54, 1.807) is 6.07 Å². The Morgan fingerprint density at radius 3 is 2.29 bits per heavy atom. The van der Waals surface area contributed by atoms with Crippen LogP contribution in [0.3, 0.4) is 0 Å². The van der Waals surface area contributed by atoms with E-state index in [1.807, 2.05) is 7.05 Å². The molecule has 3 rings (SSSR count). The van der Waals surface area contributed by atoms with E-state index in [4.69, 9.17) is 16.3 Å². The van der Waals surface area contributed by atoms with E-state index >= 15 is 0 Å². The van der Waals surface area contributed by atoms with Gasteiger partial charge in [-0.15, -0.1) is 0 Å². The van der Waals surface area contributed by atoms with E-state index in [0.29, 0.717) is 40.9 Å². The third-order valence-corrected chi connectivity index (χ3v) is 7.20. The van der Waals surface area contributed by atoms with Crippen molar-refractivity contribution >= 4 is 17.3 Å². The number of ether oxygens (including phenoxy) is 1. The Bertz CT molecular complexity index is 646. The highest BCUT2D eigenvalue weighted by molar-refractivity contribution is 6.32. The SMILES string of the molecule is C[C@@H]1CCC[C@H](C)CC(C)(COc2cc(F)c(N(C)C3CCCC3)cc2Cl)C1. The van der Waals surface area contributed by atoms with E-state index in [-0.39, 0.29) is 11.2 Å². The van der Waals surface area contributed by atoms with E-state index in [9.17, 15) is 4.39 Å². The molecule has 0 bridgehead atoms. The van der Waals surface area contributed by atoms with Gasteiger partial charge < -0.3 is 9.64 Å². The molecule has 0 heterocycles. The van der Waals surface area contributed by atoms with Gasteiger partial charge in [0, 0.05) is 24.6 Å². The summed E-state index contributed by atoms with van der Waals surface area (Å²) in [6, 6.07) is 3.65. The molecule has 2 aliphatic carbocycles. The van der Waals surface area contributed by atoms with Crippen LogP contribution in [0.15, 0.2) is 12.1 Å². The van der Waals surface area contributed by atoms with Crippen molar-refractivity contribution in [3.8, 4) is 5.75 Å². The van der Waals surface area contributed by atoms with Gasteiger partial charge in [0.25, 0.3) is 0 Å². The van der Waals surface area contributed by atoms with Crippen LogP contribution < -0.4 is 9.64 Å². The van der Waals surface area contributed by atoms with E-state index in [0.717, 1.165) is 25.7 Å². The fraction of sp³-hybridized carbons (Fsp3) is 0.750. The predicted octanol–water partition coefficient (Wildman–Crippen LogP) is 7.48. The monoisotopic (exact) mass is 409 g/mol. The van der Waals surface area contributed by atoms with Gasteiger partial charge in [0.15, 0.2) is 0 Å². The topological polar surface area (TPSA) is 12.5 Å². The molecule has 0 N–H and O–H groups in total. The quantitative estimate of drug-likeness (QED) is 0.499. The fourth-order valence-corrected chi connectivity index (χ4v) is 5.75. The first-order valence-electron chi connectivity index (χ1n) is 11.1. The van der Waals surface area contributed by atoms with Crippen molar-refractivity contribution in [1.82, 2.24) is 0 Å². The van der Waals surface area contributed by atoms with Crippen LogP contribution in [0.4, 0.5) is 10.1 Å². The first-order chi connectivity index (χ1) is 13.3. The highest BCUT2D eigenvalue weighted by Gasteiger charge is 2.32. The molecule has 1 aromatic carbocycles. The molecule has 0 aromatic heterocycles. The molecular formula is C24H37ClFNO. The summed E-state index contributed by atoms with van der Waals surface area (Å²) in [5.41, 5.74) is 0.696. The molecule has 2 aliphatic rings. The Kier molecular flexibility index (Phi) is 7.17. The van der Waals surface area contributed by atoms with Gasteiger partial charge in [-0.2, -0.15) is 0 Å². The summed E-state index contributed by atoms with van der Waals surface area (Å²) in [5, 5.41) is 0.511. The lowest BCUT2D eigenvalue weighted by Gasteiger charge is -2.37. The Morgan fingerprint density at radius 2 is 1.68 bits per heavy atom. The highest BCUT2D eigenvalue weighted by atomic mass is 35.5. The molecule has 28 heavy (non-hydrogen) atoms. The summed E-state index contributed by atoms with van der Waals surface area (Å²) < 4.78 is 21.0. The molecule has 1 unspecified atom stereocenters. The van der Waals surface area contributed by atoms with Gasteiger partial charge in [-0.05, 0) is 43.6 Å². The van der Waals surface area contributed by atoms with Crippen molar-refractivity contribution in [3.05, 3.63) is 23.0 Å².